The van der Waals surface area contributed by atoms with E-state index in [2.05, 4.69) is 25.0 Å². The average Bonchev–Trinajstić information content (AvgIpc) is 2.59. The van der Waals surface area contributed by atoms with E-state index in [4.69, 9.17) is 11.6 Å². The fourth-order valence-electron chi connectivity index (χ4n) is 1.68. The lowest BCUT2D eigenvalue weighted by molar-refractivity contribution is -0.0497. The fourth-order valence-corrected chi connectivity index (χ4v) is 2.90. The van der Waals surface area contributed by atoms with Gasteiger partial charge in [-0.25, -0.2) is 18.4 Å². The van der Waals surface area contributed by atoms with Gasteiger partial charge in [-0.05, 0) is 37.6 Å². The Balaban J connectivity index is 0.00000163. The van der Waals surface area contributed by atoms with Crippen LogP contribution in [0.5, 0.6) is 5.75 Å². The number of hydrogen-bond donors (Lipinski definition) is 1. The van der Waals surface area contributed by atoms with Crippen LogP contribution in [-0.4, -0.2) is 35.2 Å². The zero-order valence-electron chi connectivity index (χ0n) is 14.6. The number of ether oxygens (including phenoxy) is 1. The summed E-state index contributed by atoms with van der Waals surface area (Å²) in [5, 5.41) is 1.43. The highest BCUT2D eigenvalue weighted by atomic mass is 35.5. The highest BCUT2D eigenvalue weighted by Crippen LogP contribution is 2.30. The van der Waals surface area contributed by atoms with Crippen molar-refractivity contribution in [2.75, 3.05) is 5.32 Å². The van der Waals surface area contributed by atoms with E-state index in [1.165, 1.54) is 32.2 Å². The van der Waals surface area contributed by atoms with Gasteiger partial charge in [0.1, 0.15) is 0 Å². The predicted molar refractivity (Wildman–Crippen MR) is 94.9 cm³/mol. The monoisotopic (exact) mass is 408 g/mol. The Bertz CT molecular complexity index is 835. The molecule has 0 aliphatic rings. The van der Waals surface area contributed by atoms with Crippen molar-refractivity contribution >= 4 is 32.9 Å². The van der Waals surface area contributed by atoms with Gasteiger partial charge in [0.25, 0.3) is 0 Å². The molecule has 0 spiro atoms. The molecule has 0 amide bonds. The van der Waals surface area contributed by atoms with E-state index in [0.717, 1.165) is 6.20 Å². The maximum absolute atomic E-state index is 12.5. The third-order valence-electron chi connectivity index (χ3n) is 2.86. The molecule has 2 heterocycles. The molecule has 0 saturated heterocycles. The van der Waals surface area contributed by atoms with Gasteiger partial charge in [-0.15, -0.1) is 0 Å². The Morgan fingerprint density at radius 1 is 1.23 bits per heavy atom. The number of rotatable bonds is 6. The summed E-state index contributed by atoms with van der Waals surface area (Å²) in [5.41, 5.74) is 0.0556. The third-order valence-corrected chi connectivity index (χ3v) is 5.14. The molecule has 0 unspecified atom stereocenters. The Morgan fingerprint density at radius 2 is 1.88 bits per heavy atom. The molecule has 0 radical (unpaired) electrons. The molecule has 2 aromatic rings. The second-order valence-corrected chi connectivity index (χ2v) is 7.56. The van der Waals surface area contributed by atoms with Crippen LogP contribution in [0.3, 0.4) is 0 Å². The molecule has 0 aromatic carbocycles. The summed E-state index contributed by atoms with van der Waals surface area (Å²) in [6.07, 6.45) is 2.26. The van der Waals surface area contributed by atoms with Crippen molar-refractivity contribution in [1.82, 2.24) is 15.0 Å². The molecule has 144 valence electrons. The Morgan fingerprint density at radius 3 is 2.46 bits per heavy atom. The highest BCUT2D eigenvalue weighted by Gasteiger charge is 2.25. The van der Waals surface area contributed by atoms with E-state index in [0.29, 0.717) is 0 Å². The number of halogens is 3. The molecule has 0 aliphatic carbocycles. The number of sulfone groups is 1. The summed E-state index contributed by atoms with van der Waals surface area (Å²) >= 11 is 5.66. The van der Waals surface area contributed by atoms with E-state index in [1.54, 1.807) is 0 Å². The van der Waals surface area contributed by atoms with E-state index in [9.17, 15) is 17.2 Å². The minimum Gasteiger partial charge on any atom is -0.429 e. The van der Waals surface area contributed by atoms with Gasteiger partial charge in [0.15, 0.2) is 26.4 Å². The molecule has 0 fully saturated rings. The molecule has 26 heavy (non-hydrogen) atoms. The largest absolute Gasteiger partial charge is 0.429 e. The minimum absolute atomic E-state index is 0.0556. The maximum atomic E-state index is 12.5. The quantitative estimate of drug-likeness (QED) is 0.719. The van der Waals surface area contributed by atoms with E-state index in [1.807, 2.05) is 13.8 Å². The molecule has 0 saturated carbocycles. The minimum atomic E-state index is -3.71. The standard InChI is InChI=1S/C13H13ClF2N4O3S.C2H6/c1-7(2)24(21,22)11-8(4-3-5-17-11)19-10-9(23-13(15)16)6-18-12(14)20-10;1-2/h3-7,13H,1-2H3,(H,18,19,20);1-2H3. The van der Waals surface area contributed by atoms with Crippen LogP contribution in [-0.2, 0) is 9.84 Å². The van der Waals surface area contributed by atoms with E-state index >= 15 is 0 Å². The smallest absolute Gasteiger partial charge is 0.387 e. The summed E-state index contributed by atoms with van der Waals surface area (Å²) < 4.78 is 54.0. The Labute approximate surface area is 155 Å². The lowest BCUT2D eigenvalue weighted by Gasteiger charge is -2.15. The van der Waals surface area contributed by atoms with Crippen LogP contribution in [0.2, 0.25) is 5.28 Å². The number of alkyl halides is 2. The molecule has 2 rings (SSSR count). The number of nitrogens with one attached hydrogen (secondary N) is 1. The normalized spacial score (nSPS) is 11.1. The van der Waals surface area contributed by atoms with Crippen LogP contribution >= 0.6 is 11.6 Å². The number of pyridine rings is 1. The second-order valence-electron chi connectivity index (χ2n) is 4.81. The van der Waals surface area contributed by atoms with Gasteiger partial charge in [0.05, 0.1) is 17.1 Å². The van der Waals surface area contributed by atoms with Gasteiger partial charge < -0.3 is 10.1 Å². The van der Waals surface area contributed by atoms with E-state index in [-0.39, 0.29) is 27.6 Å². The first-order valence-corrected chi connectivity index (χ1v) is 9.57. The molecule has 0 aliphatic heterocycles. The second kappa shape index (κ2) is 9.58. The van der Waals surface area contributed by atoms with Crippen molar-refractivity contribution in [3.8, 4) is 5.75 Å². The van der Waals surface area contributed by atoms with Gasteiger partial charge in [0.2, 0.25) is 5.28 Å². The summed E-state index contributed by atoms with van der Waals surface area (Å²) in [4.78, 5) is 11.2. The SMILES string of the molecule is CC.CC(C)S(=O)(=O)c1ncccc1Nc1nc(Cl)ncc1OC(F)F. The number of nitrogens with zero attached hydrogens (tertiary/aromatic N) is 3. The first kappa shape index (κ1) is 22.0. The first-order chi connectivity index (χ1) is 12.2. The van der Waals surface area contributed by atoms with Gasteiger partial charge in [0, 0.05) is 6.20 Å². The van der Waals surface area contributed by atoms with Crippen molar-refractivity contribution in [2.45, 2.75) is 44.6 Å². The zero-order valence-corrected chi connectivity index (χ0v) is 16.1. The van der Waals surface area contributed by atoms with Crippen LogP contribution < -0.4 is 10.1 Å². The number of anilines is 2. The Kier molecular flexibility index (Phi) is 8.09. The zero-order chi connectivity index (χ0) is 19.9. The number of hydrogen-bond acceptors (Lipinski definition) is 7. The van der Waals surface area contributed by atoms with Crippen molar-refractivity contribution in [2.24, 2.45) is 0 Å². The van der Waals surface area contributed by atoms with Gasteiger partial charge in [-0.3, -0.25) is 0 Å². The van der Waals surface area contributed by atoms with Crippen molar-refractivity contribution < 1.29 is 21.9 Å². The van der Waals surface area contributed by atoms with Gasteiger partial charge in [-0.1, -0.05) is 13.8 Å². The van der Waals surface area contributed by atoms with Crippen LogP contribution in [0.15, 0.2) is 29.6 Å². The number of aromatic nitrogens is 3. The van der Waals surface area contributed by atoms with Gasteiger partial charge in [-0.2, -0.15) is 13.8 Å². The lowest BCUT2D eigenvalue weighted by Crippen LogP contribution is -2.17. The maximum Gasteiger partial charge on any atom is 0.387 e. The molecular weight excluding hydrogens is 390 g/mol. The summed E-state index contributed by atoms with van der Waals surface area (Å²) in [5.74, 6) is -0.588. The molecule has 1 N–H and O–H groups in total. The highest BCUT2D eigenvalue weighted by molar-refractivity contribution is 7.92. The molecule has 11 heteroatoms. The van der Waals surface area contributed by atoms with Crippen molar-refractivity contribution in [3.63, 3.8) is 0 Å². The fraction of sp³-hybridized carbons (Fsp3) is 0.400. The molecule has 0 atom stereocenters. The average molecular weight is 409 g/mol. The summed E-state index contributed by atoms with van der Waals surface area (Å²) in [7, 11) is -3.71. The topological polar surface area (TPSA) is 94.1 Å². The Hall–Kier alpha value is -2.07. The predicted octanol–water partition coefficient (Wildman–Crippen LogP) is 4.08. The molecular formula is C15H19ClF2N4O3S. The molecule has 0 bridgehead atoms. The van der Waals surface area contributed by atoms with E-state index < -0.39 is 21.7 Å². The van der Waals surface area contributed by atoms with Gasteiger partial charge >= 0.3 is 6.61 Å². The first-order valence-electron chi connectivity index (χ1n) is 7.65. The molecule has 7 nitrogen and oxygen atoms in total. The van der Waals surface area contributed by atoms with Crippen molar-refractivity contribution in [3.05, 3.63) is 29.8 Å². The summed E-state index contributed by atoms with van der Waals surface area (Å²) in [6, 6.07) is 2.91. The third kappa shape index (κ3) is 5.46. The molecule has 2 aromatic heterocycles. The lowest BCUT2D eigenvalue weighted by atomic mass is 10.4. The van der Waals surface area contributed by atoms with Crippen LogP contribution in [0.1, 0.15) is 27.7 Å². The summed E-state index contributed by atoms with van der Waals surface area (Å²) in [6.45, 7) is 3.89. The van der Waals surface area contributed by atoms with Crippen LogP contribution in [0, 0.1) is 0 Å². The van der Waals surface area contributed by atoms with Crippen LogP contribution in [0.4, 0.5) is 20.3 Å². The van der Waals surface area contributed by atoms with Crippen molar-refractivity contribution in [1.29, 1.82) is 0 Å². The van der Waals surface area contributed by atoms with Crippen LogP contribution in [0.25, 0.3) is 0 Å².